The minimum atomic E-state index is 0.223. The van der Waals surface area contributed by atoms with Crippen molar-refractivity contribution in [3.63, 3.8) is 0 Å². The molecule has 3 aromatic rings. The van der Waals surface area contributed by atoms with Crippen molar-refractivity contribution in [2.75, 3.05) is 20.8 Å². The van der Waals surface area contributed by atoms with Crippen LogP contribution in [0.5, 0.6) is 11.5 Å². The molecule has 0 spiro atoms. The van der Waals surface area contributed by atoms with Gasteiger partial charge in [-0.1, -0.05) is 11.6 Å². The van der Waals surface area contributed by atoms with E-state index in [0.717, 1.165) is 22.4 Å². The van der Waals surface area contributed by atoms with E-state index in [1.54, 1.807) is 32.6 Å². The zero-order valence-corrected chi connectivity index (χ0v) is 15.8. The van der Waals surface area contributed by atoms with Crippen molar-refractivity contribution in [1.82, 2.24) is 9.97 Å². The second-order valence-corrected chi connectivity index (χ2v) is 6.12. The number of benzene rings is 1. The van der Waals surface area contributed by atoms with Crippen LogP contribution in [0, 0.1) is 0 Å². The first-order valence-corrected chi connectivity index (χ1v) is 8.67. The van der Waals surface area contributed by atoms with Crippen LogP contribution in [0.1, 0.15) is 5.56 Å². The summed E-state index contributed by atoms with van der Waals surface area (Å²) in [5.41, 5.74) is 9.92. The van der Waals surface area contributed by atoms with Crippen molar-refractivity contribution < 1.29 is 14.5 Å². The van der Waals surface area contributed by atoms with Crippen molar-refractivity contribution >= 4 is 34.4 Å². The second kappa shape index (κ2) is 8.51. The highest BCUT2D eigenvalue weighted by molar-refractivity contribution is 6.29. The number of halogens is 1. The van der Waals surface area contributed by atoms with Crippen molar-refractivity contribution in [3.8, 4) is 11.5 Å². The van der Waals surface area contributed by atoms with E-state index in [2.05, 4.69) is 15.0 Å². The van der Waals surface area contributed by atoms with Gasteiger partial charge in [0, 0.05) is 11.8 Å². The minimum absolute atomic E-state index is 0.223. The number of hydrogen-bond donors (Lipinski definition) is 2. The summed E-state index contributed by atoms with van der Waals surface area (Å²) in [6.45, 7) is 0.223. The number of methoxy groups -OCH3 is 1. The average Bonchev–Trinajstić information content (AvgIpc) is 2.70. The fraction of sp³-hybridized carbons (Fsp3) is 0.150. The molecule has 3 N–H and O–H groups in total. The molecule has 0 radical (unpaired) electrons. The second-order valence-electron chi connectivity index (χ2n) is 5.73. The van der Waals surface area contributed by atoms with Crippen molar-refractivity contribution in [2.45, 2.75) is 0 Å². The number of nitrogens with one attached hydrogen (secondary N) is 1. The Kier molecular flexibility index (Phi) is 5.88. The summed E-state index contributed by atoms with van der Waals surface area (Å²) in [5, 5.41) is 0.417. The molecule has 0 saturated carbocycles. The third-order valence-electron chi connectivity index (χ3n) is 3.90. The highest BCUT2D eigenvalue weighted by atomic mass is 35.5. The molecule has 6 nitrogen and oxygen atoms in total. The van der Waals surface area contributed by atoms with Crippen LogP contribution < -0.4 is 20.2 Å². The molecule has 3 rings (SSSR count). The van der Waals surface area contributed by atoms with Crippen LogP contribution in [0.4, 0.5) is 0 Å². The number of pyridine rings is 2. The largest absolute Gasteiger partial charge is 0.497 e. The molecule has 7 heteroatoms. The van der Waals surface area contributed by atoms with Gasteiger partial charge in [-0.25, -0.2) is 4.98 Å². The number of fused-ring (bicyclic) bond motifs is 1. The zero-order valence-electron chi connectivity index (χ0n) is 15.1. The molecule has 0 aliphatic rings. The van der Waals surface area contributed by atoms with Gasteiger partial charge in [-0.05, 0) is 42.5 Å². The summed E-state index contributed by atoms with van der Waals surface area (Å²) in [7, 11) is 3.43. The lowest BCUT2D eigenvalue weighted by atomic mass is 10.1. The number of aromatic nitrogens is 2. The number of nitrogens with zero attached hydrogens (tertiary/aromatic N) is 2. The quantitative estimate of drug-likeness (QED) is 0.501. The molecule has 1 aromatic carbocycles. The van der Waals surface area contributed by atoms with Gasteiger partial charge in [0.15, 0.2) is 6.21 Å². The highest BCUT2D eigenvalue weighted by Gasteiger charge is 2.11. The van der Waals surface area contributed by atoms with E-state index in [1.807, 2.05) is 36.4 Å². The summed E-state index contributed by atoms with van der Waals surface area (Å²) in [4.78, 5) is 11.8. The number of hydrogen-bond acceptors (Lipinski definition) is 5. The summed E-state index contributed by atoms with van der Waals surface area (Å²) < 4.78 is 10.9. The van der Waals surface area contributed by atoms with Crippen LogP contribution >= 0.6 is 11.6 Å². The average molecular weight is 384 g/mol. The van der Waals surface area contributed by atoms with Gasteiger partial charge in [-0.15, -0.1) is 0 Å². The van der Waals surface area contributed by atoms with E-state index in [4.69, 9.17) is 26.8 Å². The van der Waals surface area contributed by atoms with Gasteiger partial charge in [0.05, 0.1) is 29.4 Å². The maximum Gasteiger partial charge on any atom is 0.171 e. The van der Waals surface area contributed by atoms with E-state index in [9.17, 15) is 0 Å². The van der Waals surface area contributed by atoms with Gasteiger partial charge in [-0.2, -0.15) is 0 Å². The van der Waals surface area contributed by atoms with Crippen LogP contribution in [0.15, 0.2) is 54.4 Å². The first kappa shape index (κ1) is 18.7. The molecule has 0 aliphatic carbocycles. The first-order valence-electron chi connectivity index (χ1n) is 8.29. The Hall–Kier alpha value is -3.12. The molecule has 0 atom stereocenters. The number of ether oxygens (including phenoxy) is 2. The van der Waals surface area contributed by atoms with Gasteiger partial charge in [0.25, 0.3) is 0 Å². The van der Waals surface area contributed by atoms with Crippen LogP contribution in [-0.2, 0) is 0 Å². The Labute approximate surface area is 162 Å². The molecular formula is C20H20ClN4O2+. The van der Waals surface area contributed by atoms with Gasteiger partial charge in [-0.3, -0.25) is 9.98 Å². The third kappa shape index (κ3) is 4.54. The number of nitrogens with two attached hydrogens (primary N) is 1. The molecular weight excluding hydrogens is 364 g/mol. The lowest BCUT2D eigenvalue weighted by Gasteiger charge is -2.10. The summed E-state index contributed by atoms with van der Waals surface area (Å²) >= 11 is 5.99. The van der Waals surface area contributed by atoms with Gasteiger partial charge in [0.1, 0.15) is 30.3 Å². The van der Waals surface area contributed by atoms with Crippen LogP contribution in [0.2, 0.25) is 5.15 Å². The Morgan fingerprint density at radius 2 is 1.89 bits per heavy atom. The predicted molar refractivity (Wildman–Crippen MR) is 107 cm³/mol. The maximum atomic E-state index is 6.30. The fourth-order valence-corrected chi connectivity index (χ4v) is 2.70. The van der Waals surface area contributed by atoms with E-state index in [1.165, 1.54) is 0 Å². The lowest BCUT2D eigenvalue weighted by molar-refractivity contribution is -0.412. The van der Waals surface area contributed by atoms with E-state index in [0.29, 0.717) is 22.1 Å². The van der Waals surface area contributed by atoms with Crippen LogP contribution in [0.25, 0.3) is 16.6 Å². The maximum absolute atomic E-state index is 6.30. The Balaban J connectivity index is 1.88. The van der Waals surface area contributed by atoms with Crippen LogP contribution in [-0.4, -0.2) is 36.9 Å². The smallest absolute Gasteiger partial charge is 0.171 e. The summed E-state index contributed by atoms with van der Waals surface area (Å²) in [6.07, 6.45) is 3.56. The zero-order chi connectivity index (χ0) is 19.2. The third-order valence-corrected chi connectivity index (χ3v) is 4.11. The highest BCUT2D eigenvalue weighted by Crippen LogP contribution is 2.21. The molecule has 0 fully saturated rings. The van der Waals surface area contributed by atoms with Gasteiger partial charge in [0.2, 0.25) is 0 Å². The SMILES string of the molecule is C[NH+]=CC(=C(N)COc1ccc(OC)cc1)c1cnc2ccc(Cl)nc2c1. The minimum Gasteiger partial charge on any atom is -0.497 e. The molecule has 0 aliphatic heterocycles. The van der Waals surface area contributed by atoms with Crippen molar-refractivity contribution in [1.29, 1.82) is 0 Å². The molecule has 0 amide bonds. The number of rotatable bonds is 6. The Bertz CT molecular complexity index is 1000. The topological polar surface area (TPSA) is 84.2 Å². The van der Waals surface area contributed by atoms with Gasteiger partial charge < -0.3 is 15.2 Å². The first-order chi connectivity index (χ1) is 13.1. The molecule has 0 saturated heterocycles. The van der Waals surface area contributed by atoms with Crippen molar-refractivity contribution in [3.05, 3.63) is 65.1 Å². The Morgan fingerprint density at radius 3 is 2.59 bits per heavy atom. The monoisotopic (exact) mass is 383 g/mol. The summed E-state index contributed by atoms with van der Waals surface area (Å²) in [5.74, 6) is 1.47. The summed E-state index contributed by atoms with van der Waals surface area (Å²) in [6, 6.07) is 12.8. The molecule has 0 unspecified atom stereocenters. The molecule has 27 heavy (non-hydrogen) atoms. The van der Waals surface area contributed by atoms with Crippen LogP contribution in [0.3, 0.4) is 0 Å². The molecule has 2 heterocycles. The van der Waals surface area contributed by atoms with E-state index < -0.39 is 0 Å². The molecule has 2 aromatic heterocycles. The predicted octanol–water partition coefficient (Wildman–Crippen LogP) is 1.82. The number of allylic oxidation sites excluding steroid dienone is 1. The van der Waals surface area contributed by atoms with Gasteiger partial charge >= 0.3 is 0 Å². The standard InChI is InChI=1S/C20H19ClN4O2/c1-23-11-16(13-9-19-18(24-10-13)7-8-20(21)25-19)17(22)12-27-15-5-3-14(26-2)4-6-15/h3-11H,12,22H2,1-2H3/p+1. The van der Waals surface area contributed by atoms with E-state index in [-0.39, 0.29) is 6.61 Å². The Morgan fingerprint density at radius 1 is 1.15 bits per heavy atom. The fourth-order valence-electron chi connectivity index (χ4n) is 2.55. The molecule has 0 bridgehead atoms. The molecule has 138 valence electrons. The normalized spacial score (nSPS) is 12.3. The van der Waals surface area contributed by atoms with Crippen molar-refractivity contribution in [2.24, 2.45) is 5.73 Å². The van der Waals surface area contributed by atoms with E-state index >= 15 is 0 Å². The lowest BCUT2D eigenvalue weighted by Crippen LogP contribution is -2.63.